The number of carbonyl (C=O) groups excluding carboxylic acids is 1. The van der Waals surface area contributed by atoms with Gasteiger partial charge in [-0.05, 0) is 35.4 Å². The van der Waals surface area contributed by atoms with Crippen LogP contribution >= 0.6 is 0 Å². The van der Waals surface area contributed by atoms with E-state index in [1.54, 1.807) is 0 Å². The largest absolute Gasteiger partial charge is 0.468 e. The van der Waals surface area contributed by atoms with Crippen molar-refractivity contribution >= 4 is 5.97 Å². The SMILES string of the molecule is COC(=O)[C@@]1(c2ccccc2)C[C@H]1CN1CCc2ccccc2C1. The van der Waals surface area contributed by atoms with Gasteiger partial charge in [-0.1, -0.05) is 54.6 Å². The smallest absolute Gasteiger partial charge is 0.316 e. The van der Waals surface area contributed by atoms with Crippen LogP contribution in [0.3, 0.4) is 0 Å². The molecule has 2 aromatic carbocycles. The quantitative estimate of drug-likeness (QED) is 0.810. The number of benzene rings is 2. The average Bonchev–Trinajstić information content (AvgIpc) is 3.36. The third-order valence-corrected chi connectivity index (χ3v) is 5.63. The van der Waals surface area contributed by atoms with Gasteiger partial charge in [-0.2, -0.15) is 0 Å². The minimum absolute atomic E-state index is 0.0869. The van der Waals surface area contributed by atoms with Crippen molar-refractivity contribution in [2.45, 2.75) is 24.8 Å². The summed E-state index contributed by atoms with van der Waals surface area (Å²) in [4.78, 5) is 15.0. The molecule has 24 heavy (non-hydrogen) atoms. The first-order valence-corrected chi connectivity index (χ1v) is 8.67. The lowest BCUT2D eigenvalue weighted by molar-refractivity contribution is -0.144. The van der Waals surface area contributed by atoms with Gasteiger partial charge in [0.1, 0.15) is 0 Å². The van der Waals surface area contributed by atoms with Crippen molar-refractivity contribution in [2.75, 3.05) is 20.2 Å². The van der Waals surface area contributed by atoms with Crippen molar-refractivity contribution in [3.8, 4) is 0 Å². The van der Waals surface area contributed by atoms with E-state index in [-0.39, 0.29) is 5.97 Å². The van der Waals surface area contributed by atoms with Gasteiger partial charge in [0.2, 0.25) is 0 Å². The second-order valence-electron chi connectivity index (χ2n) is 6.98. The number of esters is 1. The number of ether oxygens (including phenoxy) is 1. The van der Waals surface area contributed by atoms with Gasteiger partial charge in [0.05, 0.1) is 12.5 Å². The Hall–Kier alpha value is -2.13. The molecule has 0 bridgehead atoms. The van der Waals surface area contributed by atoms with Crippen LogP contribution < -0.4 is 0 Å². The third kappa shape index (κ3) is 2.53. The van der Waals surface area contributed by atoms with Gasteiger partial charge in [-0.25, -0.2) is 0 Å². The highest BCUT2D eigenvalue weighted by molar-refractivity contribution is 5.87. The number of fused-ring (bicyclic) bond motifs is 1. The first-order chi connectivity index (χ1) is 11.7. The Morgan fingerprint density at radius 2 is 1.83 bits per heavy atom. The fourth-order valence-electron chi connectivity index (χ4n) is 4.21. The number of nitrogens with zero attached hydrogens (tertiary/aromatic N) is 1. The van der Waals surface area contributed by atoms with Gasteiger partial charge < -0.3 is 4.74 Å². The topological polar surface area (TPSA) is 29.5 Å². The maximum Gasteiger partial charge on any atom is 0.316 e. The summed E-state index contributed by atoms with van der Waals surface area (Å²) in [5, 5.41) is 0. The predicted molar refractivity (Wildman–Crippen MR) is 93.7 cm³/mol. The van der Waals surface area contributed by atoms with E-state index in [4.69, 9.17) is 4.74 Å². The molecule has 2 aromatic rings. The summed E-state index contributed by atoms with van der Waals surface area (Å²) in [7, 11) is 1.50. The molecule has 1 fully saturated rings. The molecule has 1 aliphatic heterocycles. The van der Waals surface area contributed by atoms with E-state index in [0.29, 0.717) is 5.92 Å². The van der Waals surface area contributed by atoms with Crippen molar-refractivity contribution < 1.29 is 9.53 Å². The zero-order chi connectivity index (χ0) is 16.6. The molecular formula is C21H23NO2. The minimum atomic E-state index is -0.438. The van der Waals surface area contributed by atoms with Crippen LogP contribution in [0.1, 0.15) is 23.1 Å². The van der Waals surface area contributed by atoms with Crippen LogP contribution in [-0.4, -0.2) is 31.1 Å². The Balaban J connectivity index is 1.51. The first kappa shape index (κ1) is 15.4. The summed E-state index contributed by atoms with van der Waals surface area (Å²) >= 11 is 0. The zero-order valence-corrected chi connectivity index (χ0v) is 14.1. The minimum Gasteiger partial charge on any atom is -0.468 e. The fourth-order valence-corrected chi connectivity index (χ4v) is 4.21. The van der Waals surface area contributed by atoms with Crippen LogP contribution in [0.25, 0.3) is 0 Å². The van der Waals surface area contributed by atoms with Crippen LogP contribution in [0.15, 0.2) is 54.6 Å². The lowest BCUT2D eigenvalue weighted by Crippen LogP contribution is -2.35. The summed E-state index contributed by atoms with van der Waals surface area (Å²) in [6, 6.07) is 18.8. The number of hydrogen-bond acceptors (Lipinski definition) is 3. The number of hydrogen-bond donors (Lipinski definition) is 0. The second kappa shape index (κ2) is 6.06. The molecule has 0 N–H and O–H groups in total. The highest BCUT2D eigenvalue weighted by Crippen LogP contribution is 2.55. The lowest BCUT2D eigenvalue weighted by Gasteiger charge is -2.29. The molecule has 1 heterocycles. The Kier molecular flexibility index (Phi) is 3.89. The molecule has 0 aromatic heterocycles. The van der Waals surface area contributed by atoms with E-state index in [1.807, 2.05) is 18.2 Å². The molecule has 2 atom stereocenters. The van der Waals surface area contributed by atoms with Crippen LogP contribution in [0.2, 0.25) is 0 Å². The highest BCUT2D eigenvalue weighted by Gasteiger charge is 2.62. The van der Waals surface area contributed by atoms with Gasteiger partial charge >= 0.3 is 5.97 Å². The molecule has 0 saturated heterocycles. The molecule has 0 amide bonds. The van der Waals surface area contributed by atoms with E-state index >= 15 is 0 Å². The third-order valence-electron chi connectivity index (χ3n) is 5.63. The highest BCUT2D eigenvalue weighted by atomic mass is 16.5. The van der Waals surface area contributed by atoms with Gasteiger partial charge in [0, 0.05) is 19.6 Å². The number of carbonyl (C=O) groups is 1. The average molecular weight is 321 g/mol. The van der Waals surface area contributed by atoms with E-state index in [2.05, 4.69) is 41.3 Å². The summed E-state index contributed by atoms with van der Waals surface area (Å²) in [5.74, 6) is 0.258. The Morgan fingerprint density at radius 3 is 2.58 bits per heavy atom. The normalized spacial score (nSPS) is 25.8. The zero-order valence-electron chi connectivity index (χ0n) is 14.1. The molecule has 0 unspecified atom stereocenters. The maximum atomic E-state index is 12.5. The molecule has 1 saturated carbocycles. The van der Waals surface area contributed by atoms with Crippen molar-refractivity contribution in [2.24, 2.45) is 5.92 Å². The molecule has 3 nitrogen and oxygen atoms in total. The first-order valence-electron chi connectivity index (χ1n) is 8.67. The fraction of sp³-hybridized carbons (Fsp3) is 0.381. The number of methoxy groups -OCH3 is 1. The van der Waals surface area contributed by atoms with Crippen LogP contribution in [0, 0.1) is 5.92 Å². The molecule has 0 spiro atoms. The molecule has 4 rings (SSSR count). The van der Waals surface area contributed by atoms with Crippen molar-refractivity contribution in [3.63, 3.8) is 0 Å². The Labute approximate surface area is 143 Å². The van der Waals surface area contributed by atoms with Crippen LogP contribution in [0.5, 0.6) is 0 Å². The molecule has 124 valence electrons. The lowest BCUT2D eigenvalue weighted by atomic mass is 9.92. The predicted octanol–water partition coefficient (Wildman–Crippen LogP) is 3.18. The summed E-state index contributed by atoms with van der Waals surface area (Å²) < 4.78 is 5.15. The summed E-state index contributed by atoms with van der Waals surface area (Å²) in [6.07, 6.45) is 1.99. The molecule has 0 radical (unpaired) electrons. The van der Waals surface area contributed by atoms with Gasteiger partial charge in [-0.15, -0.1) is 0 Å². The van der Waals surface area contributed by atoms with E-state index in [0.717, 1.165) is 38.0 Å². The van der Waals surface area contributed by atoms with Crippen LogP contribution in [-0.2, 0) is 27.9 Å². The summed E-state index contributed by atoms with van der Waals surface area (Å²) in [6.45, 7) is 3.01. The monoisotopic (exact) mass is 321 g/mol. The van der Waals surface area contributed by atoms with Crippen molar-refractivity contribution in [3.05, 3.63) is 71.3 Å². The Morgan fingerprint density at radius 1 is 1.12 bits per heavy atom. The molecular weight excluding hydrogens is 298 g/mol. The number of rotatable bonds is 4. The Bertz CT molecular complexity index is 743. The van der Waals surface area contributed by atoms with Gasteiger partial charge in [0.15, 0.2) is 0 Å². The molecule has 3 heteroatoms. The second-order valence-corrected chi connectivity index (χ2v) is 6.98. The van der Waals surface area contributed by atoms with Crippen molar-refractivity contribution in [1.82, 2.24) is 4.90 Å². The summed E-state index contributed by atoms with van der Waals surface area (Å²) in [5.41, 5.74) is 3.55. The van der Waals surface area contributed by atoms with E-state index < -0.39 is 5.41 Å². The van der Waals surface area contributed by atoms with Gasteiger partial charge in [0.25, 0.3) is 0 Å². The van der Waals surface area contributed by atoms with Crippen molar-refractivity contribution in [1.29, 1.82) is 0 Å². The molecule has 1 aliphatic carbocycles. The maximum absolute atomic E-state index is 12.5. The molecule has 2 aliphatic rings. The van der Waals surface area contributed by atoms with E-state index in [9.17, 15) is 4.79 Å². The van der Waals surface area contributed by atoms with E-state index in [1.165, 1.54) is 18.2 Å². The van der Waals surface area contributed by atoms with Crippen LogP contribution in [0.4, 0.5) is 0 Å². The van der Waals surface area contributed by atoms with Gasteiger partial charge in [-0.3, -0.25) is 9.69 Å². The standard InChI is InChI=1S/C21H23NO2/c1-24-20(23)21(18-9-3-2-4-10-18)13-19(21)15-22-12-11-16-7-5-6-8-17(16)14-22/h2-10,19H,11-15H2,1H3/t19-,21+/m0/s1.